The van der Waals surface area contributed by atoms with Crippen LogP contribution in [0.15, 0.2) is 48.8 Å². The van der Waals surface area contributed by atoms with Crippen molar-refractivity contribution in [1.29, 1.82) is 5.26 Å². The summed E-state index contributed by atoms with van der Waals surface area (Å²) >= 11 is -1.98. The monoisotopic (exact) mass is 666 g/mol. The van der Waals surface area contributed by atoms with E-state index < -0.39 is 40.3 Å². The van der Waals surface area contributed by atoms with Crippen LogP contribution in [0.1, 0.15) is 40.7 Å². The van der Waals surface area contributed by atoms with Crippen LogP contribution in [0, 0.1) is 28.9 Å². The molecule has 2 unspecified atom stereocenters. The van der Waals surface area contributed by atoms with Crippen LogP contribution in [0.4, 0.5) is 24.5 Å². The number of piperidine rings is 1. The highest BCUT2D eigenvalue weighted by Gasteiger charge is 2.30. The molecule has 0 amide bonds. The zero-order chi connectivity index (χ0) is 33.2. The molecule has 0 aliphatic carbocycles. The second-order valence-electron chi connectivity index (χ2n) is 11.6. The molecule has 2 atom stereocenters. The molecule has 4 aromatic rings. The number of methoxy groups -OCH3 is 2. The number of hydrogen-bond donors (Lipinski definition) is 2. The molecule has 2 aliphatic rings. The van der Waals surface area contributed by atoms with Crippen LogP contribution in [0.25, 0.3) is 22.2 Å². The lowest BCUT2D eigenvalue weighted by atomic mass is 9.94. The fourth-order valence-electron chi connectivity index (χ4n) is 6.29. The number of alkyl halides is 1. The van der Waals surface area contributed by atoms with Gasteiger partial charge >= 0.3 is 0 Å². The highest BCUT2D eigenvalue weighted by molar-refractivity contribution is 7.84. The number of carbonyl (C=O) groups excluding carboxylic acids is 1. The zero-order valence-electron chi connectivity index (χ0n) is 25.8. The predicted octanol–water partition coefficient (Wildman–Crippen LogP) is 5.48. The van der Waals surface area contributed by atoms with Crippen LogP contribution in [-0.4, -0.2) is 77.1 Å². The number of aromatic amines is 1. The van der Waals surface area contributed by atoms with Gasteiger partial charge in [0.25, 0.3) is 0 Å². The summed E-state index contributed by atoms with van der Waals surface area (Å²) in [6.45, 7) is 1.60. The van der Waals surface area contributed by atoms with Crippen molar-refractivity contribution in [3.05, 3.63) is 77.1 Å². The van der Waals surface area contributed by atoms with Gasteiger partial charge in [-0.05, 0) is 55.2 Å². The molecule has 0 spiro atoms. The highest BCUT2D eigenvalue weighted by Crippen LogP contribution is 2.34. The lowest BCUT2D eigenvalue weighted by Gasteiger charge is -2.36. The van der Waals surface area contributed by atoms with Gasteiger partial charge in [0.1, 0.15) is 23.7 Å². The first-order valence-corrected chi connectivity index (χ1v) is 16.3. The molecule has 47 heavy (non-hydrogen) atoms. The van der Waals surface area contributed by atoms with E-state index in [4.69, 9.17) is 9.47 Å². The van der Waals surface area contributed by atoms with Crippen molar-refractivity contribution < 1.29 is 31.6 Å². The molecule has 0 radical (unpaired) electrons. The third-order valence-corrected chi connectivity index (χ3v) is 9.99. The number of aromatic nitrogens is 2. The molecular weight excluding hydrogens is 633 g/mol. The number of nitrogens with one attached hydrogen (secondary N) is 2. The van der Waals surface area contributed by atoms with Crippen molar-refractivity contribution in [3.8, 4) is 17.2 Å². The van der Waals surface area contributed by atoms with Crippen molar-refractivity contribution in [1.82, 2.24) is 14.3 Å². The minimum Gasteiger partial charge on any atom is -0.370 e. The largest absolute Gasteiger partial charge is 0.370 e. The van der Waals surface area contributed by atoms with E-state index in [0.29, 0.717) is 27.7 Å². The number of H-pyrrole nitrogens is 1. The topological polar surface area (TPSA) is 124 Å². The number of ether oxygens (including phenoxy) is 2. The van der Waals surface area contributed by atoms with Gasteiger partial charge in [0.05, 0.1) is 22.5 Å². The van der Waals surface area contributed by atoms with E-state index in [0.717, 1.165) is 43.8 Å². The van der Waals surface area contributed by atoms with Crippen LogP contribution in [0.2, 0.25) is 0 Å². The van der Waals surface area contributed by atoms with E-state index in [-0.39, 0.29) is 43.0 Å². The van der Waals surface area contributed by atoms with Gasteiger partial charge in [0.15, 0.2) is 23.3 Å². The van der Waals surface area contributed by atoms with Crippen LogP contribution in [0.3, 0.4) is 0 Å². The van der Waals surface area contributed by atoms with Crippen molar-refractivity contribution in [2.24, 2.45) is 5.92 Å². The lowest BCUT2D eigenvalue weighted by Crippen LogP contribution is -2.39. The molecule has 6 rings (SSSR count). The molecule has 2 aliphatic heterocycles. The normalized spacial score (nSPS) is 18.1. The summed E-state index contributed by atoms with van der Waals surface area (Å²) in [5, 5.41) is 10.4. The second kappa shape index (κ2) is 13.8. The SMILES string of the molecule is COC(OC)C1CCN(c2ccc(-c3cnc4[nH]cc(C(=O)c5c(F)ccc(NS(=O)N6CCC(F)C6)c5F)c4c3)cc2C#N)CC1. The number of ketones is 1. The Hall–Kier alpha value is -4.29. The van der Waals surface area contributed by atoms with E-state index in [1.165, 1.54) is 10.5 Å². The first-order valence-electron chi connectivity index (χ1n) is 15.1. The Balaban J connectivity index is 1.26. The maximum atomic E-state index is 15.6. The van der Waals surface area contributed by atoms with Gasteiger partial charge in [-0.15, -0.1) is 0 Å². The number of rotatable bonds is 10. The maximum absolute atomic E-state index is 15.6. The average Bonchev–Trinajstić information content (AvgIpc) is 3.72. The fraction of sp³-hybridized carbons (Fsp3) is 0.364. The number of pyridine rings is 1. The summed E-state index contributed by atoms with van der Waals surface area (Å²) < 4.78 is 71.4. The van der Waals surface area contributed by atoms with Gasteiger partial charge in [0, 0.05) is 75.2 Å². The number of halogens is 3. The third-order valence-electron chi connectivity index (χ3n) is 8.80. The average molecular weight is 667 g/mol. The van der Waals surface area contributed by atoms with E-state index in [2.05, 4.69) is 25.7 Å². The Labute approximate surface area is 272 Å². The molecule has 0 saturated carbocycles. The van der Waals surface area contributed by atoms with Gasteiger partial charge in [-0.25, -0.2) is 26.7 Å². The number of hydrogen-bond acceptors (Lipinski definition) is 7. The number of nitrogens with zero attached hydrogens (tertiary/aromatic N) is 4. The van der Waals surface area contributed by atoms with E-state index in [1.807, 2.05) is 12.1 Å². The molecule has 0 bridgehead atoms. The zero-order valence-corrected chi connectivity index (χ0v) is 26.6. The number of carbonyl (C=O) groups is 1. The minimum absolute atomic E-state index is 0.0179. The molecule has 14 heteroatoms. The van der Waals surface area contributed by atoms with Crippen LogP contribution < -0.4 is 9.62 Å². The molecular formula is C33H33F3N6O4S. The Morgan fingerprint density at radius 2 is 1.87 bits per heavy atom. The fourth-order valence-corrected chi connectivity index (χ4v) is 7.34. The van der Waals surface area contributed by atoms with Gasteiger partial charge in [-0.3, -0.25) is 9.52 Å². The highest BCUT2D eigenvalue weighted by atomic mass is 32.2. The van der Waals surface area contributed by atoms with Crippen molar-refractivity contribution >= 4 is 39.4 Å². The molecule has 4 heterocycles. The summed E-state index contributed by atoms with van der Waals surface area (Å²) in [7, 11) is 3.26. The standard InChI is InChI=1S/C33H33F3N6O4S/c1-45-33(46-2)19-7-10-41(11-8-19)28-6-3-20(13-21(28)15-37)22-14-24-25(17-39-32(24)38-16-22)31(43)29-26(35)4-5-27(30(29)36)40-47(44)42-12-9-23(34)18-42/h3-6,13-14,16-17,19,23,33,40H,7-12,18H2,1-2H3,(H,38,39). The summed E-state index contributed by atoms with van der Waals surface area (Å²) in [6.07, 6.45) is 3.40. The first kappa shape index (κ1) is 32.6. The predicted molar refractivity (Wildman–Crippen MR) is 172 cm³/mol. The molecule has 2 N–H and O–H groups in total. The number of nitriles is 1. The maximum Gasteiger partial charge on any atom is 0.201 e. The van der Waals surface area contributed by atoms with Gasteiger partial charge in [-0.2, -0.15) is 5.26 Å². The van der Waals surface area contributed by atoms with E-state index >= 15 is 4.39 Å². The van der Waals surface area contributed by atoms with E-state index in [9.17, 15) is 23.0 Å². The van der Waals surface area contributed by atoms with Crippen molar-refractivity contribution in [2.75, 3.05) is 50.0 Å². The smallest absolute Gasteiger partial charge is 0.201 e. The van der Waals surface area contributed by atoms with Crippen LogP contribution in [0.5, 0.6) is 0 Å². The van der Waals surface area contributed by atoms with Gasteiger partial charge in [-0.1, -0.05) is 6.07 Å². The molecule has 10 nitrogen and oxygen atoms in total. The Morgan fingerprint density at radius 3 is 2.55 bits per heavy atom. The van der Waals surface area contributed by atoms with Crippen molar-refractivity contribution in [3.63, 3.8) is 0 Å². The first-order chi connectivity index (χ1) is 22.7. The molecule has 2 fully saturated rings. The number of anilines is 2. The summed E-state index contributed by atoms with van der Waals surface area (Å²) in [4.78, 5) is 23.1. The molecule has 2 saturated heterocycles. The van der Waals surface area contributed by atoms with Crippen LogP contribution >= 0.6 is 0 Å². The number of fused-ring (bicyclic) bond motifs is 1. The quantitative estimate of drug-likeness (QED) is 0.170. The minimum atomic E-state index is -1.98. The second-order valence-corrected chi connectivity index (χ2v) is 12.8. The number of benzene rings is 2. The molecule has 2 aromatic heterocycles. The van der Waals surface area contributed by atoms with E-state index in [1.54, 1.807) is 32.5 Å². The summed E-state index contributed by atoms with van der Waals surface area (Å²) in [5.74, 6) is -2.99. The molecule has 246 valence electrons. The Morgan fingerprint density at radius 1 is 1.11 bits per heavy atom. The Bertz CT molecular complexity index is 1870. The lowest BCUT2D eigenvalue weighted by molar-refractivity contribution is -0.141. The van der Waals surface area contributed by atoms with Gasteiger partial charge in [0.2, 0.25) is 5.78 Å². The Kier molecular flexibility index (Phi) is 9.60. The summed E-state index contributed by atoms with van der Waals surface area (Å²) in [5.41, 5.74) is 1.69. The summed E-state index contributed by atoms with van der Waals surface area (Å²) in [6, 6.07) is 11.4. The third kappa shape index (κ3) is 6.48. The molecule has 2 aromatic carbocycles. The van der Waals surface area contributed by atoms with Crippen molar-refractivity contribution in [2.45, 2.75) is 31.7 Å². The van der Waals surface area contributed by atoms with Gasteiger partial charge < -0.3 is 19.4 Å². The van der Waals surface area contributed by atoms with Crippen LogP contribution in [-0.2, 0) is 20.6 Å².